The molecule has 0 radical (unpaired) electrons. The van der Waals surface area contributed by atoms with E-state index in [1.165, 1.54) is 159 Å². The van der Waals surface area contributed by atoms with Gasteiger partial charge in [0.2, 0.25) is 0 Å². The fraction of sp³-hybridized carbons (Fsp3) is 0.714. The van der Waals surface area contributed by atoms with Crippen molar-refractivity contribution >= 4 is 0 Å². The fourth-order valence-corrected chi connectivity index (χ4v) is 5.48. The molecule has 0 atom stereocenters. The molecule has 1 N–H and O–H groups in total. The first-order valence-corrected chi connectivity index (χ1v) is 16.4. The maximum absolute atomic E-state index is 8.82. The Morgan fingerprint density at radius 1 is 0.526 bits per heavy atom. The van der Waals surface area contributed by atoms with Crippen LogP contribution in [0.1, 0.15) is 146 Å². The highest BCUT2D eigenvalue weighted by molar-refractivity contribution is 5.08. The quantitative estimate of drug-likeness (QED) is 0.0985. The Kier molecular flexibility index (Phi) is 20.8. The summed E-state index contributed by atoms with van der Waals surface area (Å²) in [5.74, 6) is 0. The van der Waals surface area contributed by atoms with Crippen LogP contribution >= 0.6 is 0 Å². The number of hydrogen-bond acceptors (Lipinski definition) is 2. The van der Waals surface area contributed by atoms with Crippen molar-refractivity contribution in [2.45, 2.75) is 154 Å². The Morgan fingerprint density at radius 2 is 1.00 bits per heavy atom. The summed E-state index contributed by atoms with van der Waals surface area (Å²) >= 11 is 0. The summed E-state index contributed by atoms with van der Waals surface area (Å²) in [5.41, 5.74) is 2.89. The van der Waals surface area contributed by atoms with E-state index in [0.29, 0.717) is 6.61 Å². The highest BCUT2D eigenvalue weighted by atomic mass is 16.2. The summed E-state index contributed by atoms with van der Waals surface area (Å²) in [6, 6.07) is 8.79. The molecular formula is C35H59N2O+. The van der Waals surface area contributed by atoms with Gasteiger partial charge in [-0.05, 0) is 56.2 Å². The van der Waals surface area contributed by atoms with E-state index >= 15 is 0 Å². The molecule has 0 aliphatic rings. The van der Waals surface area contributed by atoms with Crippen molar-refractivity contribution in [3.63, 3.8) is 0 Å². The molecule has 3 heteroatoms. The summed E-state index contributed by atoms with van der Waals surface area (Å²) in [5, 5.41) is 8.82. The zero-order valence-corrected chi connectivity index (χ0v) is 24.6. The molecule has 2 aromatic heterocycles. The Hall–Kier alpha value is -1.74. The van der Waals surface area contributed by atoms with Gasteiger partial charge in [0.25, 0.3) is 0 Å². The molecule has 38 heavy (non-hydrogen) atoms. The normalized spacial score (nSPS) is 11.3. The van der Waals surface area contributed by atoms with E-state index in [2.05, 4.69) is 40.1 Å². The molecule has 2 heterocycles. The molecule has 0 unspecified atom stereocenters. The van der Waals surface area contributed by atoms with Crippen LogP contribution in [0.5, 0.6) is 0 Å². The number of aryl methyl sites for hydroxylation is 3. The number of aliphatic hydroxyl groups excluding tert-OH is 1. The second-order valence-electron chi connectivity index (χ2n) is 11.5. The number of unbranched alkanes of at least 4 members (excludes halogenated alkanes) is 19. The highest BCUT2D eigenvalue weighted by Gasteiger charge is 2.03. The highest BCUT2D eigenvalue weighted by Crippen LogP contribution is 2.14. The van der Waals surface area contributed by atoms with Gasteiger partial charge in [-0.15, -0.1) is 0 Å². The topological polar surface area (TPSA) is 37.0 Å². The van der Waals surface area contributed by atoms with Crippen molar-refractivity contribution in [3.05, 3.63) is 60.2 Å². The molecule has 3 nitrogen and oxygen atoms in total. The zero-order valence-electron chi connectivity index (χ0n) is 24.6. The Labute approximate surface area is 235 Å². The number of hydrogen-bond donors (Lipinski definition) is 1. The van der Waals surface area contributed by atoms with Crippen LogP contribution in [0.4, 0.5) is 0 Å². The molecule has 0 aliphatic carbocycles. The van der Waals surface area contributed by atoms with Crippen molar-refractivity contribution in [1.82, 2.24) is 4.98 Å². The lowest BCUT2D eigenvalue weighted by Gasteiger charge is -2.04. The largest absolute Gasteiger partial charge is 0.396 e. The fourth-order valence-electron chi connectivity index (χ4n) is 5.48. The lowest BCUT2D eigenvalue weighted by atomic mass is 10.0. The predicted octanol–water partition coefficient (Wildman–Crippen LogP) is 9.34. The third-order valence-electron chi connectivity index (χ3n) is 7.90. The minimum absolute atomic E-state index is 0.359. The maximum Gasteiger partial charge on any atom is 0.171 e. The van der Waals surface area contributed by atoms with Crippen molar-refractivity contribution in [1.29, 1.82) is 0 Å². The van der Waals surface area contributed by atoms with Gasteiger partial charge in [-0.2, -0.15) is 0 Å². The van der Waals surface area contributed by atoms with Crippen LogP contribution in [0.15, 0.2) is 49.1 Å². The number of aromatic nitrogens is 2. The van der Waals surface area contributed by atoms with E-state index in [1.54, 1.807) is 0 Å². The van der Waals surface area contributed by atoms with E-state index in [-0.39, 0.29) is 0 Å². The monoisotopic (exact) mass is 523 g/mol. The second kappa shape index (κ2) is 24.3. The molecule has 0 spiro atoms. The lowest BCUT2D eigenvalue weighted by molar-refractivity contribution is -0.697. The third-order valence-corrected chi connectivity index (χ3v) is 7.90. The van der Waals surface area contributed by atoms with Crippen LogP contribution in [-0.4, -0.2) is 16.7 Å². The molecule has 0 bridgehead atoms. The second-order valence-corrected chi connectivity index (χ2v) is 11.5. The van der Waals surface area contributed by atoms with Crippen molar-refractivity contribution in [2.75, 3.05) is 6.61 Å². The summed E-state index contributed by atoms with van der Waals surface area (Å²) in [6.07, 6.45) is 39.2. The third kappa shape index (κ3) is 18.5. The molecule has 0 aromatic carbocycles. The van der Waals surface area contributed by atoms with Crippen LogP contribution in [0.25, 0.3) is 0 Å². The van der Waals surface area contributed by atoms with Crippen molar-refractivity contribution in [3.8, 4) is 0 Å². The summed E-state index contributed by atoms with van der Waals surface area (Å²) in [4.78, 5) is 4.20. The number of aliphatic hydroxyl groups is 1. The van der Waals surface area contributed by atoms with Gasteiger partial charge < -0.3 is 5.11 Å². The molecule has 214 valence electrons. The van der Waals surface area contributed by atoms with E-state index in [0.717, 1.165) is 6.42 Å². The average Bonchev–Trinajstić information content (AvgIpc) is 2.95. The van der Waals surface area contributed by atoms with Crippen LogP contribution in [0.3, 0.4) is 0 Å². The number of nitrogens with zero attached hydrogens (tertiary/aromatic N) is 2. The zero-order chi connectivity index (χ0) is 26.8. The lowest BCUT2D eigenvalue weighted by Crippen LogP contribution is -2.33. The van der Waals surface area contributed by atoms with Crippen LogP contribution in [0, 0.1) is 0 Å². The Morgan fingerprint density at radius 3 is 1.53 bits per heavy atom. The van der Waals surface area contributed by atoms with E-state index < -0.39 is 0 Å². The van der Waals surface area contributed by atoms with E-state index in [9.17, 15) is 0 Å². The van der Waals surface area contributed by atoms with Gasteiger partial charge in [0.1, 0.15) is 6.54 Å². The molecular weight excluding hydrogens is 464 g/mol. The van der Waals surface area contributed by atoms with E-state index in [1.807, 2.05) is 18.5 Å². The molecule has 0 saturated carbocycles. The van der Waals surface area contributed by atoms with Crippen molar-refractivity contribution < 1.29 is 9.67 Å². The minimum atomic E-state index is 0.359. The minimum Gasteiger partial charge on any atom is -0.396 e. The molecule has 2 rings (SSSR count). The molecule has 2 aromatic rings. The van der Waals surface area contributed by atoms with Gasteiger partial charge in [0.05, 0.1) is 0 Å². The Bertz CT molecular complexity index is 764. The number of pyridine rings is 2. The van der Waals surface area contributed by atoms with Gasteiger partial charge in [-0.1, -0.05) is 109 Å². The van der Waals surface area contributed by atoms with E-state index in [4.69, 9.17) is 5.11 Å². The van der Waals surface area contributed by atoms with Crippen LogP contribution in [0.2, 0.25) is 0 Å². The smallest absolute Gasteiger partial charge is 0.171 e. The van der Waals surface area contributed by atoms with Gasteiger partial charge >= 0.3 is 0 Å². The summed E-state index contributed by atoms with van der Waals surface area (Å²) < 4.78 is 2.42. The molecule has 0 aliphatic heterocycles. The SMILES string of the molecule is OCCCCCCCCCCCCc1ccc[n+](CCCCCCCCCCCCCc2cccnc2)c1. The first kappa shape index (κ1) is 32.5. The van der Waals surface area contributed by atoms with Crippen LogP contribution in [-0.2, 0) is 19.4 Å². The van der Waals surface area contributed by atoms with Gasteiger partial charge in [-0.25, -0.2) is 4.57 Å². The van der Waals surface area contributed by atoms with Crippen molar-refractivity contribution in [2.24, 2.45) is 0 Å². The maximum atomic E-state index is 8.82. The van der Waals surface area contributed by atoms with Gasteiger partial charge in [0, 0.05) is 37.1 Å². The molecule has 0 saturated heterocycles. The Balaban J connectivity index is 1.34. The molecule has 0 amide bonds. The summed E-state index contributed by atoms with van der Waals surface area (Å²) in [6.45, 7) is 1.53. The van der Waals surface area contributed by atoms with Gasteiger partial charge in [-0.3, -0.25) is 4.98 Å². The first-order chi connectivity index (χ1) is 18.9. The standard InChI is InChI=1S/C35H59N2O/c38-31-21-17-13-9-5-3-7-11-15-19-25-35-27-23-30-37(33-35)29-20-16-12-8-4-1-2-6-10-14-18-24-34-26-22-28-36-32-34/h22-23,26-28,30,32-33,38H,1-21,24-25,29,31H2/q+1. The number of rotatable bonds is 26. The average molecular weight is 524 g/mol. The first-order valence-electron chi connectivity index (χ1n) is 16.4. The summed E-state index contributed by atoms with van der Waals surface area (Å²) in [7, 11) is 0. The predicted molar refractivity (Wildman–Crippen MR) is 162 cm³/mol. The van der Waals surface area contributed by atoms with Gasteiger partial charge in [0.15, 0.2) is 12.4 Å². The van der Waals surface area contributed by atoms with Crippen LogP contribution < -0.4 is 4.57 Å². The molecule has 0 fully saturated rings.